The second kappa shape index (κ2) is 4.78. The minimum atomic E-state index is 0.701. The van der Waals surface area contributed by atoms with E-state index in [2.05, 4.69) is 24.4 Å². The highest BCUT2D eigenvalue weighted by molar-refractivity contribution is 5.74. The lowest BCUT2D eigenvalue weighted by molar-refractivity contribution is 0.415. The smallest absolute Gasteiger partial charge is 0.121 e. The van der Waals surface area contributed by atoms with Gasteiger partial charge in [-0.3, -0.25) is 0 Å². The Morgan fingerprint density at radius 1 is 1.12 bits per heavy atom. The van der Waals surface area contributed by atoms with Crippen LogP contribution in [0, 0.1) is 6.92 Å². The van der Waals surface area contributed by atoms with E-state index in [4.69, 9.17) is 10.5 Å². The summed E-state index contributed by atoms with van der Waals surface area (Å²) in [5, 5.41) is 3.28. The van der Waals surface area contributed by atoms with Crippen LogP contribution in [-0.4, -0.2) is 7.11 Å². The minimum Gasteiger partial charge on any atom is -0.497 e. The fourth-order valence-electron chi connectivity index (χ4n) is 1.65. The van der Waals surface area contributed by atoms with Crippen LogP contribution in [0.25, 0.3) is 0 Å². The van der Waals surface area contributed by atoms with E-state index in [1.54, 1.807) is 7.11 Å². The first-order chi connectivity index (χ1) is 8.19. The average Bonchev–Trinajstić information content (AvgIpc) is 2.32. The maximum absolute atomic E-state index is 5.91. The molecule has 0 fully saturated rings. The lowest BCUT2D eigenvalue weighted by Crippen LogP contribution is -1.97. The molecule has 2 rings (SSSR count). The van der Waals surface area contributed by atoms with Gasteiger partial charge in [0.25, 0.3) is 0 Å². The monoisotopic (exact) mass is 228 g/mol. The summed E-state index contributed by atoms with van der Waals surface area (Å²) in [6.07, 6.45) is 0. The molecule has 0 atom stereocenters. The molecule has 88 valence electrons. The van der Waals surface area contributed by atoms with Crippen LogP contribution in [0.2, 0.25) is 0 Å². The predicted molar refractivity (Wildman–Crippen MR) is 71.9 cm³/mol. The Kier molecular flexibility index (Phi) is 3.19. The molecule has 0 aliphatic heterocycles. The summed E-state index contributed by atoms with van der Waals surface area (Å²) < 4.78 is 5.18. The zero-order chi connectivity index (χ0) is 12.3. The Morgan fingerprint density at radius 3 is 2.65 bits per heavy atom. The molecule has 3 nitrogen and oxygen atoms in total. The molecular formula is C14H16N2O. The molecule has 2 aromatic carbocycles. The Labute approximate surface area is 101 Å². The molecule has 0 unspecified atom stereocenters. The van der Waals surface area contributed by atoms with Gasteiger partial charge in [0.1, 0.15) is 5.75 Å². The van der Waals surface area contributed by atoms with Gasteiger partial charge in [-0.15, -0.1) is 0 Å². The number of rotatable bonds is 3. The topological polar surface area (TPSA) is 47.3 Å². The first-order valence-corrected chi connectivity index (χ1v) is 5.46. The number of anilines is 3. The van der Waals surface area contributed by atoms with E-state index in [1.165, 1.54) is 5.56 Å². The zero-order valence-electron chi connectivity index (χ0n) is 10.0. The van der Waals surface area contributed by atoms with Crippen molar-refractivity contribution in [1.82, 2.24) is 0 Å². The molecule has 0 bridgehead atoms. The summed E-state index contributed by atoms with van der Waals surface area (Å²) in [5.41, 5.74) is 9.69. The number of aryl methyl sites for hydroxylation is 1. The Balaban J connectivity index is 2.29. The van der Waals surface area contributed by atoms with Gasteiger partial charge in [-0.05, 0) is 36.8 Å². The van der Waals surface area contributed by atoms with Crippen molar-refractivity contribution >= 4 is 17.1 Å². The molecule has 3 heteroatoms. The van der Waals surface area contributed by atoms with E-state index in [0.717, 1.165) is 17.1 Å². The van der Waals surface area contributed by atoms with Gasteiger partial charge in [-0.25, -0.2) is 0 Å². The van der Waals surface area contributed by atoms with Gasteiger partial charge in [-0.1, -0.05) is 12.1 Å². The summed E-state index contributed by atoms with van der Waals surface area (Å²) in [4.78, 5) is 0. The lowest BCUT2D eigenvalue weighted by Gasteiger charge is -2.11. The first-order valence-electron chi connectivity index (χ1n) is 5.46. The van der Waals surface area contributed by atoms with E-state index in [0.29, 0.717) is 5.69 Å². The summed E-state index contributed by atoms with van der Waals surface area (Å²) in [7, 11) is 1.64. The molecule has 2 aromatic rings. The van der Waals surface area contributed by atoms with Crippen molar-refractivity contribution < 1.29 is 4.74 Å². The number of nitrogen functional groups attached to an aromatic ring is 1. The maximum atomic E-state index is 5.91. The lowest BCUT2D eigenvalue weighted by atomic mass is 10.2. The summed E-state index contributed by atoms with van der Waals surface area (Å²) in [5.74, 6) is 0.786. The minimum absolute atomic E-state index is 0.701. The second-order valence-corrected chi connectivity index (χ2v) is 3.95. The van der Waals surface area contributed by atoms with Crippen LogP contribution in [-0.2, 0) is 0 Å². The first kappa shape index (κ1) is 11.3. The van der Waals surface area contributed by atoms with E-state index < -0.39 is 0 Å². The van der Waals surface area contributed by atoms with E-state index >= 15 is 0 Å². The van der Waals surface area contributed by atoms with Crippen molar-refractivity contribution in [3.05, 3.63) is 48.0 Å². The van der Waals surface area contributed by atoms with Gasteiger partial charge in [0.05, 0.1) is 18.5 Å². The molecular weight excluding hydrogens is 212 g/mol. The second-order valence-electron chi connectivity index (χ2n) is 3.95. The predicted octanol–water partition coefficient (Wildman–Crippen LogP) is 3.33. The third-order valence-corrected chi connectivity index (χ3v) is 2.56. The quantitative estimate of drug-likeness (QED) is 0.792. The Morgan fingerprint density at radius 2 is 1.94 bits per heavy atom. The van der Waals surface area contributed by atoms with Gasteiger partial charge < -0.3 is 15.8 Å². The third kappa shape index (κ3) is 2.69. The van der Waals surface area contributed by atoms with Gasteiger partial charge in [-0.2, -0.15) is 0 Å². The Bertz CT molecular complexity index is 523. The van der Waals surface area contributed by atoms with Crippen LogP contribution < -0.4 is 15.8 Å². The van der Waals surface area contributed by atoms with Gasteiger partial charge in [0.15, 0.2) is 0 Å². The summed E-state index contributed by atoms with van der Waals surface area (Å²) in [6.45, 7) is 2.06. The standard InChI is InChI=1S/C14H16N2O/c1-10-4-3-5-11(8-10)16-14-9-12(17-2)6-7-13(14)15/h3-9,16H,15H2,1-2H3. The van der Waals surface area contributed by atoms with Gasteiger partial charge >= 0.3 is 0 Å². The maximum Gasteiger partial charge on any atom is 0.121 e. The number of hydrogen-bond donors (Lipinski definition) is 2. The number of nitrogens with one attached hydrogen (secondary N) is 1. The molecule has 0 aliphatic rings. The van der Waals surface area contributed by atoms with E-state index in [-0.39, 0.29) is 0 Å². The summed E-state index contributed by atoms with van der Waals surface area (Å²) >= 11 is 0. The van der Waals surface area contributed by atoms with Crippen molar-refractivity contribution in [2.75, 3.05) is 18.2 Å². The van der Waals surface area contributed by atoms with Crippen molar-refractivity contribution in [3.63, 3.8) is 0 Å². The number of nitrogens with two attached hydrogens (primary N) is 1. The molecule has 3 N–H and O–H groups in total. The number of benzene rings is 2. The van der Waals surface area contributed by atoms with Crippen LogP contribution in [0.15, 0.2) is 42.5 Å². The van der Waals surface area contributed by atoms with Gasteiger partial charge in [0.2, 0.25) is 0 Å². The molecule has 0 radical (unpaired) electrons. The molecule has 0 saturated carbocycles. The fraction of sp³-hybridized carbons (Fsp3) is 0.143. The molecule has 0 amide bonds. The van der Waals surface area contributed by atoms with Crippen LogP contribution in [0.5, 0.6) is 5.75 Å². The van der Waals surface area contributed by atoms with Crippen LogP contribution in [0.3, 0.4) is 0 Å². The van der Waals surface area contributed by atoms with E-state index in [9.17, 15) is 0 Å². The highest BCUT2D eigenvalue weighted by Gasteiger charge is 2.02. The van der Waals surface area contributed by atoms with Crippen molar-refractivity contribution in [2.24, 2.45) is 0 Å². The molecule has 0 aromatic heterocycles. The van der Waals surface area contributed by atoms with Crippen molar-refractivity contribution in [2.45, 2.75) is 6.92 Å². The normalized spacial score (nSPS) is 10.0. The summed E-state index contributed by atoms with van der Waals surface area (Å²) in [6, 6.07) is 13.7. The highest BCUT2D eigenvalue weighted by Crippen LogP contribution is 2.27. The van der Waals surface area contributed by atoms with E-state index in [1.807, 2.05) is 30.3 Å². The third-order valence-electron chi connectivity index (χ3n) is 2.56. The molecule has 17 heavy (non-hydrogen) atoms. The van der Waals surface area contributed by atoms with Crippen molar-refractivity contribution in [3.8, 4) is 5.75 Å². The van der Waals surface area contributed by atoms with Crippen LogP contribution >= 0.6 is 0 Å². The highest BCUT2D eigenvalue weighted by atomic mass is 16.5. The zero-order valence-corrected chi connectivity index (χ0v) is 10.0. The Hall–Kier alpha value is -2.16. The van der Waals surface area contributed by atoms with Crippen LogP contribution in [0.1, 0.15) is 5.56 Å². The number of ether oxygens (including phenoxy) is 1. The SMILES string of the molecule is COc1ccc(N)c(Nc2cccc(C)c2)c1. The molecule has 0 heterocycles. The molecule has 0 spiro atoms. The average molecular weight is 228 g/mol. The van der Waals surface area contributed by atoms with Crippen LogP contribution in [0.4, 0.5) is 17.1 Å². The number of methoxy groups -OCH3 is 1. The van der Waals surface area contributed by atoms with Crippen molar-refractivity contribution in [1.29, 1.82) is 0 Å². The molecule has 0 aliphatic carbocycles. The van der Waals surface area contributed by atoms with Gasteiger partial charge in [0, 0.05) is 11.8 Å². The largest absolute Gasteiger partial charge is 0.497 e. The fourth-order valence-corrected chi connectivity index (χ4v) is 1.65. The number of hydrogen-bond acceptors (Lipinski definition) is 3. The molecule has 0 saturated heterocycles.